The number of carbonyl (C=O) groups excluding carboxylic acids is 3. The topological polar surface area (TPSA) is 81.7 Å². The van der Waals surface area contributed by atoms with E-state index in [9.17, 15) is 14.4 Å². The molecule has 1 heterocycles. The molecule has 1 aromatic heterocycles. The number of hydrogen-bond acceptors (Lipinski definition) is 7. The molecule has 0 atom stereocenters. The molecule has 0 fully saturated rings. The standard InChI is InChI=1S/C17H25NO5S2/c1-5-23-17(21)15-12(8-11(2)3)9-25-16(15)18-13(19)10-24-7-6-14(20)22-4/h9,11H,5-8,10H2,1-4H3,(H,18,19). The summed E-state index contributed by atoms with van der Waals surface area (Å²) in [5.74, 6) is 0.186. The summed E-state index contributed by atoms with van der Waals surface area (Å²) in [7, 11) is 1.34. The van der Waals surface area contributed by atoms with Gasteiger partial charge < -0.3 is 14.8 Å². The average molecular weight is 388 g/mol. The maximum atomic E-state index is 12.3. The van der Waals surface area contributed by atoms with Gasteiger partial charge in [0.15, 0.2) is 0 Å². The summed E-state index contributed by atoms with van der Waals surface area (Å²) in [6.07, 6.45) is 1.01. The van der Waals surface area contributed by atoms with E-state index in [1.54, 1.807) is 6.92 Å². The van der Waals surface area contributed by atoms with Crippen LogP contribution in [0.5, 0.6) is 0 Å². The van der Waals surface area contributed by atoms with E-state index in [1.807, 2.05) is 5.38 Å². The van der Waals surface area contributed by atoms with Gasteiger partial charge in [-0.25, -0.2) is 4.79 Å². The van der Waals surface area contributed by atoms with Crippen LogP contribution in [0.4, 0.5) is 5.00 Å². The highest BCUT2D eigenvalue weighted by atomic mass is 32.2. The van der Waals surface area contributed by atoms with Crippen LogP contribution < -0.4 is 5.32 Å². The molecule has 0 saturated carbocycles. The van der Waals surface area contributed by atoms with E-state index < -0.39 is 5.97 Å². The maximum Gasteiger partial charge on any atom is 0.341 e. The Kier molecular flexibility index (Phi) is 9.59. The second-order valence-corrected chi connectivity index (χ2v) is 7.70. The second kappa shape index (κ2) is 11.1. The van der Waals surface area contributed by atoms with Crippen LogP contribution in [0.25, 0.3) is 0 Å². The van der Waals surface area contributed by atoms with Gasteiger partial charge in [0.2, 0.25) is 5.91 Å². The number of methoxy groups -OCH3 is 1. The van der Waals surface area contributed by atoms with Crippen molar-refractivity contribution < 1.29 is 23.9 Å². The monoisotopic (exact) mass is 387 g/mol. The van der Waals surface area contributed by atoms with Crippen molar-refractivity contribution >= 4 is 45.9 Å². The van der Waals surface area contributed by atoms with Crippen LogP contribution in [0.3, 0.4) is 0 Å². The van der Waals surface area contributed by atoms with E-state index in [0.29, 0.717) is 22.2 Å². The minimum Gasteiger partial charge on any atom is -0.469 e. The third kappa shape index (κ3) is 7.48. The molecule has 1 rings (SSSR count). The smallest absolute Gasteiger partial charge is 0.341 e. The van der Waals surface area contributed by atoms with Crippen molar-refractivity contribution in [1.82, 2.24) is 0 Å². The molecule has 0 bridgehead atoms. The van der Waals surface area contributed by atoms with Crippen molar-refractivity contribution in [2.45, 2.75) is 33.6 Å². The molecule has 25 heavy (non-hydrogen) atoms. The number of esters is 2. The van der Waals surface area contributed by atoms with Gasteiger partial charge in [-0.05, 0) is 30.2 Å². The van der Waals surface area contributed by atoms with Gasteiger partial charge in [-0.1, -0.05) is 13.8 Å². The zero-order chi connectivity index (χ0) is 18.8. The highest BCUT2D eigenvalue weighted by molar-refractivity contribution is 7.99. The number of carbonyl (C=O) groups is 3. The summed E-state index contributed by atoms with van der Waals surface area (Å²) < 4.78 is 9.68. The van der Waals surface area contributed by atoms with Crippen molar-refractivity contribution in [2.75, 3.05) is 30.5 Å². The zero-order valence-corrected chi connectivity index (χ0v) is 16.7. The third-order valence-corrected chi connectivity index (χ3v) is 5.04. The van der Waals surface area contributed by atoms with Gasteiger partial charge in [-0.15, -0.1) is 11.3 Å². The molecule has 0 unspecified atom stereocenters. The summed E-state index contributed by atoms with van der Waals surface area (Å²) in [6, 6.07) is 0. The molecule has 0 saturated heterocycles. The molecule has 0 aromatic carbocycles. The number of thiophene rings is 1. The number of ether oxygens (including phenoxy) is 2. The molecule has 140 valence electrons. The number of thioether (sulfide) groups is 1. The van der Waals surface area contributed by atoms with Crippen LogP contribution in [0, 0.1) is 5.92 Å². The molecule has 0 spiro atoms. The predicted octanol–water partition coefficient (Wildman–Crippen LogP) is 3.36. The lowest BCUT2D eigenvalue weighted by Gasteiger charge is -2.09. The Labute approximate surface area is 156 Å². The Balaban J connectivity index is 2.70. The molecule has 6 nitrogen and oxygen atoms in total. The SMILES string of the molecule is CCOC(=O)c1c(CC(C)C)csc1NC(=O)CSCCC(=O)OC. The van der Waals surface area contributed by atoms with E-state index in [4.69, 9.17) is 4.74 Å². The molecule has 0 aliphatic carbocycles. The lowest BCUT2D eigenvalue weighted by molar-refractivity contribution is -0.140. The number of nitrogens with one attached hydrogen (secondary N) is 1. The van der Waals surface area contributed by atoms with Crippen molar-refractivity contribution in [3.63, 3.8) is 0 Å². The van der Waals surface area contributed by atoms with Crippen LogP contribution >= 0.6 is 23.1 Å². The van der Waals surface area contributed by atoms with Crippen molar-refractivity contribution in [2.24, 2.45) is 5.92 Å². The van der Waals surface area contributed by atoms with Crippen molar-refractivity contribution in [3.05, 3.63) is 16.5 Å². The number of rotatable bonds is 10. The normalized spacial score (nSPS) is 10.6. The zero-order valence-electron chi connectivity index (χ0n) is 15.0. The first-order valence-corrected chi connectivity index (χ1v) is 10.1. The second-order valence-electron chi connectivity index (χ2n) is 5.71. The van der Waals surface area contributed by atoms with E-state index in [-0.39, 0.29) is 30.7 Å². The predicted molar refractivity (Wildman–Crippen MR) is 101 cm³/mol. The molecule has 1 aromatic rings. The summed E-state index contributed by atoms with van der Waals surface area (Å²) in [6.45, 7) is 6.18. The largest absolute Gasteiger partial charge is 0.469 e. The third-order valence-electron chi connectivity index (χ3n) is 3.14. The minimum atomic E-state index is -0.409. The number of anilines is 1. The van der Waals surface area contributed by atoms with Crippen LogP contribution in [0.15, 0.2) is 5.38 Å². The molecule has 0 radical (unpaired) electrons. The van der Waals surface area contributed by atoms with E-state index >= 15 is 0 Å². The van der Waals surface area contributed by atoms with E-state index in [2.05, 4.69) is 23.9 Å². The first-order valence-electron chi connectivity index (χ1n) is 8.10. The molecule has 0 aliphatic heterocycles. The molecular weight excluding hydrogens is 362 g/mol. The quantitative estimate of drug-likeness (QED) is 0.490. The van der Waals surface area contributed by atoms with Gasteiger partial charge in [0, 0.05) is 5.75 Å². The summed E-state index contributed by atoms with van der Waals surface area (Å²) in [4.78, 5) is 35.4. The molecule has 1 amide bonds. The van der Waals surface area contributed by atoms with Crippen molar-refractivity contribution in [1.29, 1.82) is 0 Å². The van der Waals surface area contributed by atoms with Gasteiger partial charge in [0.05, 0.1) is 31.5 Å². The fraction of sp³-hybridized carbons (Fsp3) is 0.588. The molecule has 0 aliphatic rings. The number of hydrogen-bond donors (Lipinski definition) is 1. The fourth-order valence-corrected chi connectivity index (χ4v) is 3.78. The first-order chi connectivity index (χ1) is 11.9. The summed E-state index contributed by atoms with van der Waals surface area (Å²) >= 11 is 2.67. The Morgan fingerprint density at radius 2 is 2.04 bits per heavy atom. The van der Waals surface area contributed by atoms with Crippen LogP contribution in [-0.4, -0.2) is 43.1 Å². The Hall–Kier alpha value is -1.54. The lowest BCUT2D eigenvalue weighted by Crippen LogP contribution is -2.17. The first kappa shape index (κ1) is 21.5. The lowest BCUT2D eigenvalue weighted by atomic mass is 10.0. The Morgan fingerprint density at radius 3 is 2.64 bits per heavy atom. The van der Waals surface area contributed by atoms with E-state index in [0.717, 1.165) is 12.0 Å². The Morgan fingerprint density at radius 1 is 1.32 bits per heavy atom. The van der Waals surface area contributed by atoms with Gasteiger partial charge in [0.1, 0.15) is 5.00 Å². The number of amides is 1. The Bertz CT molecular complexity index is 598. The van der Waals surface area contributed by atoms with Gasteiger partial charge >= 0.3 is 11.9 Å². The molecule has 1 N–H and O–H groups in total. The summed E-state index contributed by atoms with van der Waals surface area (Å²) in [5, 5.41) is 5.20. The summed E-state index contributed by atoms with van der Waals surface area (Å²) in [5.41, 5.74) is 1.35. The van der Waals surface area contributed by atoms with E-state index in [1.165, 1.54) is 30.2 Å². The van der Waals surface area contributed by atoms with Crippen LogP contribution in [0.1, 0.15) is 43.1 Å². The molecule has 8 heteroatoms. The van der Waals surface area contributed by atoms with Gasteiger partial charge in [0.25, 0.3) is 0 Å². The average Bonchev–Trinajstić information content (AvgIpc) is 2.93. The van der Waals surface area contributed by atoms with Gasteiger partial charge in [-0.3, -0.25) is 9.59 Å². The molecular formula is C17H25NO5S2. The highest BCUT2D eigenvalue weighted by Crippen LogP contribution is 2.31. The minimum absolute atomic E-state index is 0.205. The van der Waals surface area contributed by atoms with Crippen molar-refractivity contribution in [3.8, 4) is 0 Å². The highest BCUT2D eigenvalue weighted by Gasteiger charge is 2.22. The van der Waals surface area contributed by atoms with Crippen LogP contribution in [0.2, 0.25) is 0 Å². The fourth-order valence-electron chi connectivity index (χ4n) is 2.09. The van der Waals surface area contributed by atoms with Crippen LogP contribution in [-0.2, 0) is 25.5 Å². The van der Waals surface area contributed by atoms with Gasteiger partial charge in [-0.2, -0.15) is 11.8 Å². The maximum absolute atomic E-state index is 12.3.